The predicted molar refractivity (Wildman–Crippen MR) is 109 cm³/mol. The molecule has 3 rings (SSSR count). The van der Waals surface area contributed by atoms with Crippen molar-refractivity contribution in [1.29, 1.82) is 0 Å². The molecule has 1 aromatic rings. The zero-order chi connectivity index (χ0) is 20.5. The second kappa shape index (κ2) is 16.1. The molecule has 0 spiro atoms. The first-order valence-corrected chi connectivity index (χ1v) is 9.92. The number of amides is 2. The largest absolute Gasteiger partial charge is 0.494 e. The number of nitrogens with one attached hydrogen (secondary N) is 2. The molecule has 27 heavy (non-hydrogen) atoms. The standard InChI is InChI=1S/C18H26N2O3.C2H6.CH4O/c1-2-16-18(22)19-12-4-3-5-13-23-15-9-6-14(7-10-15)8-11-17(21)20-16;2*1-2/h6-7,9-10,16H,2-5,8,11-13H2,1H3,(H,19,22)(H,20,21);1-2H3;2H,1H3. The average molecular weight is 381 g/mol. The fourth-order valence-corrected chi connectivity index (χ4v) is 2.56. The minimum Gasteiger partial charge on any atom is -0.494 e. The first-order chi connectivity index (χ1) is 13.2. The molecule has 0 saturated carbocycles. The van der Waals surface area contributed by atoms with Crippen molar-refractivity contribution in [2.45, 2.75) is 65.3 Å². The van der Waals surface area contributed by atoms with Gasteiger partial charge in [0.2, 0.25) is 11.8 Å². The van der Waals surface area contributed by atoms with Gasteiger partial charge in [0.15, 0.2) is 0 Å². The van der Waals surface area contributed by atoms with Gasteiger partial charge in [-0.05, 0) is 49.8 Å². The molecule has 2 aliphatic rings. The summed E-state index contributed by atoms with van der Waals surface area (Å²) in [4.78, 5) is 24.1. The molecule has 0 saturated heterocycles. The average Bonchev–Trinajstić information content (AvgIpc) is 2.73. The number of benzene rings is 1. The van der Waals surface area contributed by atoms with Crippen LogP contribution in [0.4, 0.5) is 0 Å². The minimum atomic E-state index is -0.441. The van der Waals surface area contributed by atoms with Crippen LogP contribution in [0.25, 0.3) is 0 Å². The van der Waals surface area contributed by atoms with Crippen LogP contribution in [0.15, 0.2) is 24.3 Å². The Morgan fingerprint density at radius 3 is 2.33 bits per heavy atom. The Labute approximate surface area is 163 Å². The Morgan fingerprint density at radius 1 is 1.04 bits per heavy atom. The number of aliphatic hydroxyl groups excluding tert-OH is 1. The number of ether oxygens (including phenoxy) is 1. The first kappa shape index (κ1) is 24.9. The van der Waals surface area contributed by atoms with Crippen LogP contribution in [0.1, 0.15) is 58.4 Å². The summed E-state index contributed by atoms with van der Waals surface area (Å²) in [5, 5.41) is 12.7. The van der Waals surface area contributed by atoms with E-state index in [1.165, 1.54) is 0 Å². The first-order valence-electron chi connectivity index (χ1n) is 9.92. The van der Waals surface area contributed by atoms with Crippen molar-refractivity contribution in [3.63, 3.8) is 0 Å². The maximum atomic E-state index is 12.1. The highest BCUT2D eigenvalue weighted by Crippen LogP contribution is 2.14. The molecule has 3 N–H and O–H groups in total. The number of rotatable bonds is 1. The van der Waals surface area contributed by atoms with Gasteiger partial charge in [-0.2, -0.15) is 0 Å². The molecule has 2 bridgehead atoms. The van der Waals surface area contributed by atoms with Crippen LogP contribution in [0.2, 0.25) is 0 Å². The minimum absolute atomic E-state index is 0.0864. The van der Waals surface area contributed by atoms with Crippen LogP contribution < -0.4 is 15.4 Å². The van der Waals surface area contributed by atoms with E-state index in [1.807, 2.05) is 45.0 Å². The molecule has 0 radical (unpaired) electrons. The number of fused-ring (bicyclic) bond motifs is 14. The number of carbonyl (C=O) groups excluding carboxylic acids is 2. The molecular formula is C21H36N2O4. The smallest absolute Gasteiger partial charge is 0.242 e. The number of carbonyl (C=O) groups is 2. The quantitative estimate of drug-likeness (QED) is 0.699. The highest BCUT2D eigenvalue weighted by molar-refractivity contribution is 5.87. The van der Waals surface area contributed by atoms with Crippen LogP contribution in [0.5, 0.6) is 5.75 Å². The zero-order valence-corrected chi connectivity index (χ0v) is 17.2. The lowest BCUT2D eigenvalue weighted by Crippen LogP contribution is -2.46. The Bertz CT molecular complexity index is 517. The summed E-state index contributed by atoms with van der Waals surface area (Å²) >= 11 is 0. The van der Waals surface area contributed by atoms with Crippen molar-refractivity contribution in [3.05, 3.63) is 29.8 Å². The van der Waals surface area contributed by atoms with Crippen molar-refractivity contribution in [1.82, 2.24) is 10.6 Å². The number of hydrogen-bond donors (Lipinski definition) is 3. The molecule has 2 amide bonds. The molecule has 6 heteroatoms. The van der Waals surface area contributed by atoms with Gasteiger partial charge in [-0.15, -0.1) is 0 Å². The molecule has 154 valence electrons. The van der Waals surface area contributed by atoms with E-state index >= 15 is 0 Å². The molecule has 0 fully saturated rings. The lowest BCUT2D eigenvalue weighted by atomic mass is 10.1. The number of aliphatic hydroxyl groups is 1. The van der Waals surface area contributed by atoms with Gasteiger partial charge in [0.25, 0.3) is 0 Å². The third kappa shape index (κ3) is 10.6. The summed E-state index contributed by atoms with van der Waals surface area (Å²) in [5.41, 5.74) is 1.09. The molecule has 1 aromatic carbocycles. The lowest BCUT2D eigenvalue weighted by Gasteiger charge is -2.16. The van der Waals surface area contributed by atoms with E-state index in [4.69, 9.17) is 9.84 Å². The van der Waals surface area contributed by atoms with Gasteiger partial charge >= 0.3 is 0 Å². The molecule has 2 heterocycles. The Hall–Kier alpha value is -2.08. The van der Waals surface area contributed by atoms with E-state index in [2.05, 4.69) is 10.6 Å². The topological polar surface area (TPSA) is 87.7 Å². The highest BCUT2D eigenvalue weighted by atomic mass is 16.5. The van der Waals surface area contributed by atoms with Crippen molar-refractivity contribution in [2.24, 2.45) is 0 Å². The fourth-order valence-electron chi connectivity index (χ4n) is 2.56. The van der Waals surface area contributed by atoms with Gasteiger partial charge in [-0.25, -0.2) is 0 Å². The fraction of sp³-hybridized carbons (Fsp3) is 0.619. The molecule has 0 aliphatic carbocycles. The van der Waals surface area contributed by atoms with E-state index in [0.717, 1.165) is 37.7 Å². The second-order valence-electron chi connectivity index (χ2n) is 5.87. The molecule has 0 aromatic heterocycles. The third-order valence-electron chi connectivity index (χ3n) is 4.01. The van der Waals surface area contributed by atoms with Crippen LogP contribution in [0, 0.1) is 0 Å². The SMILES string of the molecule is CC.CCC1NC(=O)CCc2ccc(cc2)OCCCCCNC1=O.CO. The number of aryl methyl sites for hydroxylation is 1. The van der Waals surface area contributed by atoms with Gasteiger partial charge in [-0.3, -0.25) is 9.59 Å². The van der Waals surface area contributed by atoms with E-state index in [0.29, 0.717) is 32.4 Å². The van der Waals surface area contributed by atoms with Crippen LogP contribution in [-0.4, -0.2) is 43.2 Å². The molecular weight excluding hydrogens is 344 g/mol. The van der Waals surface area contributed by atoms with E-state index in [1.54, 1.807) is 0 Å². The predicted octanol–water partition coefficient (Wildman–Crippen LogP) is 2.83. The van der Waals surface area contributed by atoms with Crippen molar-refractivity contribution >= 4 is 11.8 Å². The normalized spacial score (nSPS) is 18.3. The zero-order valence-electron chi connectivity index (χ0n) is 17.2. The summed E-state index contributed by atoms with van der Waals surface area (Å²) in [5.74, 6) is 0.684. The van der Waals surface area contributed by atoms with Gasteiger partial charge in [0.05, 0.1) is 6.61 Å². The van der Waals surface area contributed by atoms with Crippen molar-refractivity contribution in [3.8, 4) is 5.75 Å². The monoisotopic (exact) mass is 380 g/mol. The van der Waals surface area contributed by atoms with Crippen LogP contribution in [-0.2, 0) is 16.0 Å². The summed E-state index contributed by atoms with van der Waals surface area (Å²) in [6, 6.07) is 7.44. The van der Waals surface area contributed by atoms with E-state index in [-0.39, 0.29) is 11.8 Å². The van der Waals surface area contributed by atoms with Gasteiger partial charge in [-0.1, -0.05) is 32.9 Å². The van der Waals surface area contributed by atoms with Crippen molar-refractivity contribution < 1.29 is 19.4 Å². The lowest BCUT2D eigenvalue weighted by molar-refractivity contribution is -0.129. The molecule has 2 aliphatic heterocycles. The van der Waals surface area contributed by atoms with Crippen LogP contribution in [0.3, 0.4) is 0 Å². The van der Waals surface area contributed by atoms with Gasteiger partial charge in [0.1, 0.15) is 11.8 Å². The van der Waals surface area contributed by atoms with Gasteiger partial charge in [0, 0.05) is 20.1 Å². The summed E-state index contributed by atoms with van der Waals surface area (Å²) in [6.45, 7) is 7.23. The van der Waals surface area contributed by atoms with Crippen molar-refractivity contribution in [2.75, 3.05) is 20.3 Å². The summed E-state index contributed by atoms with van der Waals surface area (Å²) < 4.78 is 5.69. The molecule has 1 atom stereocenters. The molecule has 6 nitrogen and oxygen atoms in total. The maximum absolute atomic E-state index is 12.1. The highest BCUT2D eigenvalue weighted by Gasteiger charge is 2.18. The molecule has 1 unspecified atom stereocenters. The summed E-state index contributed by atoms with van der Waals surface area (Å²) in [6.07, 6.45) is 4.51. The third-order valence-corrected chi connectivity index (χ3v) is 4.01. The number of hydrogen-bond acceptors (Lipinski definition) is 4. The maximum Gasteiger partial charge on any atom is 0.242 e. The summed E-state index contributed by atoms with van der Waals surface area (Å²) in [7, 11) is 1.00. The van der Waals surface area contributed by atoms with E-state index in [9.17, 15) is 9.59 Å². The van der Waals surface area contributed by atoms with Gasteiger partial charge < -0.3 is 20.5 Å². The van der Waals surface area contributed by atoms with E-state index < -0.39 is 6.04 Å². The Balaban J connectivity index is 0.00000158. The van der Waals surface area contributed by atoms with Crippen LogP contribution >= 0.6 is 0 Å². The Kier molecular flexibility index (Phi) is 14.9. The second-order valence-corrected chi connectivity index (χ2v) is 5.87. The Morgan fingerprint density at radius 2 is 1.70 bits per heavy atom.